The Morgan fingerprint density at radius 1 is 1.18 bits per heavy atom. The lowest BCUT2D eigenvalue weighted by Gasteiger charge is -2.31. The van der Waals surface area contributed by atoms with E-state index in [1.807, 2.05) is 19.1 Å². The van der Waals surface area contributed by atoms with Crippen LogP contribution in [0.25, 0.3) is 0 Å². The van der Waals surface area contributed by atoms with Gasteiger partial charge in [0.25, 0.3) is 0 Å². The summed E-state index contributed by atoms with van der Waals surface area (Å²) in [6.07, 6.45) is 0.673. The zero-order valence-corrected chi connectivity index (χ0v) is 13.7. The molecule has 6 nitrogen and oxygen atoms in total. The van der Waals surface area contributed by atoms with Gasteiger partial charge < -0.3 is 14.4 Å². The van der Waals surface area contributed by atoms with Crippen LogP contribution in [-0.4, -0.2) is 51.4 Å². The average Bonchev–Trinajstić information content (AvgIpc) is 2.95. The highest BCUT2D eigenvalue weighted by molar-refractivity contribution is 7.89. The molecule has 0 aromatic heterocycles. The van der Waals surface area contributed by atoms with E-state index in [1.54, 1.807) is 4.31 Å². The van der Waals surface area contributed by atoms with Crippen LogP contribution in [0.2, 0.25) is 0 Å². The Bertz CT molecular complexity index is 624. The lowest BCUT2D eigenvalue weighted by atomic mass is 10.2. The minimum atomic E-state index is -3.05. The van der Waals surface area contributed by atoms with Crippen LogP contribution in [0.5, 0.6) is 11.5 Å². The number of rotatable bonds is 5. The molecule has 3 rings (SSSR count). The molecule has 1 N–H and O–H groups in total. The number of piperazine rings is 1. The molecule has 1 fully saturated rings. The minimum absolute atomic E-state index is 0.254. The van der Waals surface area contributed by atoms with Crippen LogP contribution in [0.15, 0.2) is 18.2 Å². The van der Waals surface area contributed by atoms with Crippen molar-refractivity contribution in [3.63, 3.8) is 0 Å². The summed E-state index contributed by atoms with van der Waals surface area (Å²) in [6.45, 7) is 6.00. The monoisotopic (exact) mass is 327 g/mol. The predicted octanol–water partition coefficient (Wildman–Crippen LogP) is -0.144. The Morgan fingerprint density at radius 2 is 1.91 bits per heavy atom. The highest BCUT2D eigenvalue weighted by Gasteiger charge is 2.28. The van der Waals surface area contributed by atoms with E-state index in [-0.39, 0.29) is 5.75 Å². The van der Waals surface area contributed by atoms with Gasteiger partial charge in [0.2, 0.25) is 16.8 Å². The van der Waals surface area contributed by atoms with Crippen LogP contribution in [0.1, 0.15) is 18.9 Å². The quantitative estimate of drug-likeness (QED) is 0.817. The van der Waals surface area contributed by atoms with E-state index >= 15 is 0 Å². The highest BCUT2D eigenvalue weighted by Crippen LogP contribution is 2.32. The van der Waals surface area contributed by atoms with Gasteiger partial charge in [0.05, 0.1) is 31.9 Å². The lowest BCUT2D eigenvalue weighted by molar-refractivity contribution is -0.917. The van der Waals surface area contributed by atoms with Crippen molar-refractivity contribution in [3.8, 4) is 11.5 Å². The molecule has 2 heterocycles. The zero-order chi connectivity index (χ0) is 15.6. The maximum absolute atomic E-state index is 12.1. The van der Waals surface area contributed by atoms with Gasteiger partial charge >= 0.3 is 0 Å². The SMILES string of the molecule is CCCS(=O)(=O)N1CC[NH+](Cc2ccc3c(c2)OCO3)CC1. The second-order valence-electron chi connectivity index (χ2n) is 5.83. The summed E-state index contributed by atoms with van der Waals surface area (Å²) < 4.78 is 36.5. The first-order valence-corrected chi connectivity index (χ1v) is 9.39. The van der Waals surface area contributed by atoms with Gasteiger partial charge in [-0.15, -0.1) is 0 Å². The van der Waals surface area contributed by atoms with Gasteiger partial charge in [-0.2, -0.15) is 4.31 Å². The smallest absolute Gasteiger partial charge is 0.231 e. The van der Waals surface area contributed by atoms with E-state index in [2.05, 4.69) is 6.07 Å². The third-order valence-electron chi connectivity index (χ3n) is 4.18. The van der Waals surface area contributed by atoms with Crippen molar-refractivity contribution in [1.82, 2.24) is 4.31 Å². The van der Waals surface area contributed by atoms with Crippen LogP contribution in [0.4, 0.5) is 0 Å². The summed E-state index contributed by atoms with van der Waals surface area (Å²) in [5.41, 5.74) is 1.20. The number of quaternary nitrogens is 1. The van der Waals surface area contributed by atoms with Crippen molar-refractivity contribution >= 4 is 10.0 Å². The van der Waals surface area contributed by atoms with Crippen LogP contribution in [-0.2, 0) is 16.6 Å². The summed E-state index contributed by atoms with van der Waals surface area (Å²) in [5.74, 6) is 1.86. The molecule has 0 amide bonds. The summed E-state index contributed by atoms with van der Waals surface area (Å²) >= 11 is 0. The van der Waals surface area contributed by atoms with Crippen LogP contribution in [0, 0.1) is 0 Å². The number of hydrogen-bond donors (Lipinski definition) is 1. The van der Waals surface area contributed by atoms with Gasteiger partial charge in [0, 0.05) is 5.56 Å². The highest BCUT2D eigenvalue weighted by atomic mass is 32.2. The molecule has 0 unspecified atom stereocenters. The molecule has 0 aliphatic carbocycles. The van der Waals surface area contributed by atoms with Crippen molar-refractivity contribution in [2.75, 3.05) is 38.7 Å². The Morgan fingerprint density at radius 3 is 2.64 bits per heavy atom. The molecular formula is C15H23N2O4S+. The third-order valence-corrected chi connectivity index (χ3v) is 6.25. The second-order valence-corrected chi connectivity index (χ2v) is 7.92. The van der Waals surface area contributed by atoms with E-state index in [0.29, 0.717) is 26.3 Å². The van der Waals surface area contributed by atoms with E-state index in [9.17, 15) is 8.42 Å². The summed E-state index contributed by atoms with van der Waals surface area (Å²) in [7, 11) is -3.05. The summed E-state index contributed by atoms with van der Waals surface area (Å²) in [4.78, 5) is 1.40. The lowest BCUT2D eigenvalue weighted by Crippen LogP contribution is -3.13. The van der Waals surface area contributed by atoms with Gasteiger partial charge in [-0.1, -0.05) is 6.92 Å². The largest absolute Gasteiger partial charge is 0.454 e. The van der Waals surface area contributed by atoms with Crippen molar-refractivity contribution in [2.45, 2.75) is 19.9 Å². The molecular weight excluding hydrogens is 304 g/mol. The number of benzene rings is 1. The van der Waals surface area contributed by atoms with E-state index < -0.39 is 10.0 Å². The summed E-state index contributed by atoms with van der Waals surface area (Å²) in [5, 5.41) is 0. The normalized spacial score (nSPS) is 19.5. The number of nitrogens with one attached hydrogen (secondary N) is 1. The maximum atomic E-state index is 12.1. The van der Waals surface area contributed by atoms with Crippen molar-refractivity contribution in [1.29, 1.82) is 0 Å². The fourth-order valence-corrected chi connectivity index (χ4v) is 4.50. The molecule has 1 aromatic carbocycles. The first-order valence-electron chi connectivity index (χ1n) is 7.78. The van der Waals surface area contributed by atoms with Crippen molar-refractivity contribution in [3.05, 3.63) is 23.8 Å². The molecule has 2 aliphatic heterocycles. The van der Waals surface area contributed by atoms with Crippen LogP contribution < -0.4 is 14.4 Å². The Labute approximate surface area is 131 Å². The molecule has 0 atom stereocenters. The number of hydrogen-bond acceptors (Lipinski definition) is 4. The predicted molar refractivity (Wildman–Crippen MR) is 82.6 cm³/mol. The van der Waals surface area contributed by atoms with E-state index in [1.165, 1.54) is 10.5 Å². The topological polar surface area (TPSA) is 60.3 Å². The first-order chi connectivity index (χ1) is 10.6. The van der Waals surface area contributed by atoms with Gasteiger partial charge in [-0.25, -0.2) is 8.42 Å². The van der Waals surface area contributed by atoms with Gasteiger partial charge in [-0.3, -0.25) is 0 Å². The van der Waals surface area contributed by atoms with Crippen molar-refractivity contribution < 1.29 is 22.8 Å². The molecule has 2 aliphatic rings. The third kappa shape index (κ3) is 3.37. The van der Waals surface area contributed by atoms with E-state index in [0.717, 1.165) is 31.1 Å². The molecule has 22 heavy (non-hydrogen) atoms. The van der Waals surface area contributed by atoms with E-state index in [4.69, 9.17) is 9.47 Å². The molecule has 1 aromatic rings. The van der Waals surface area contributed by atoms with Gasteiger partial charge in [0.1, 0.15) is 6.54 Å². The van der Waals surface area contributed by atoms with Crippen molar-refractivity contribution in [2.24, 2.45) is 0 Å². The Balaban J connectivity index is 1.56. The summed E-state index contributed by atoms with van der Waals surface area (Å²) in [6, 6.07) is 6.02. The fourth-order valence-electron chi connectivity index (χ4n) is 2.98. The Hall–Kier alpha value is -1.31. The average molecular weight is 327 g/mol. The van der Waals surface area contributed by atoms with Gasteiger partial charge in [-0.05, 0) is 24.6 Å². The minimum Gasteiger partial charge on any atom is -0.454 e. The first kappa shape index (κ1) is 15.6. The second kappa shape index (κ2) is 6.44. The zero-order valence-electron chi connectivity index (χ0n) is 12.9. The van der Waals surface area contributed by atoms with Crippen LogP contribution in [0.3, 0.4) is 0 Å². The number of fused-ring (bicyclic) bond motifs is 1. The Kier molecular flexibility index (Phi) is 4.56. The molecule has 122 valence electrons. The maximum Gasteiger partial charge on any atom is 0.231 e. The molecule has 0 radical (unpaired) electrons. The van der Waals surface area contributed by atoms with Crippen LogP contribution >= 0.6 is 0 Å². The molecule has 1 saturated heterocycles. The molecule has 0 saturated carbocycles. The number of sulfonamides is 1. The standard InChI is InChI=1S/C15H22N2O4S/c1-2-9-22(18,19)17-7-5-16(6-8-17)11-13-3-4-14-15(10-13)21-12-20-14/h3-4,10H,2,5-9,11-12H2,1H3/p+1. The van der Waals surface area contributed by atoms with Gasteiger partial charge in [0.15, 0.2) is 11.5 Å². The molecule has 0 bridgehead atoms. The fraction of sp³-hybridized carbons (Fsp3) is 0.600. The molecule has 7 heteroatoms. The number of nitrogens with zero attached hydrogens (tertiary/aromatic N) is 1. The molecule has 0 spiro atoms. The number of ether oxygens (including phenoxy) is 2.